The predicted octanol–water partition coefficient (Wildman–Crippen LogP) is 2.95. The Kier molecular flexibility index (Phi) is 4.23. The highest BCUT2D eigenvalue weighted by Crippen LogP contribution is 2.27. The lowest BCUT2D eigenvalue weighted by Crippen LogP contribution is -2.42. The van der Waals surface area contributed by atoms with Crippen molar-refractivity contribution in [3.63, 3.8) is 0 Å². The molecule has 2 fully saturated rings. The number of hydrogen-bond donors (Lipinski definition) is 1. The van der Waals surface area contributed by atoms with E-state index < -0.39 is 6.04 Å². The zero-order valence-corrected chi connectivity index (χ0v) is 12.3. The van der Waals surface area contributed by atoms with Crippen molar-refractivity contribution in [2.75, 3.05) is 5.32 Å². The average molecular weight is 286 g/mol. The first-order chi connectivity index (χ1) is 10.3. The lowest BCUT2D eigenvalue weighted by molar-refractivity contribution is -0.141. The maximum Gasteiger partial charge on any atom is 0.252 e. The Labute approximate surface area is 125 Å². The fourth-order valence-corrected chi connectivity index (χ4v) is 3.40. The molecule has 3 rings (SSSR count). The van der Waals surface area contributed by atoms with Crippen molar-refractivity contribution in [2.45, 2.75) is 57.0 Å². The summed E-state index contributed by atoms with van der Waals surface area (Å²) < 4.78 is 0. The summed E-state index contributed by atoms with van der Waals surface area (Å²) in [6.45, 7) is 0. The van der Waals surface area contributed by atoms with Crippen LogP contribution in [0.1, 0.15) is 44.9 Å². The summed E-state index contributed by atoms with van der Waals surface area (Å²) in [6.07, 6.45) is 6.91. The van der Waals surface area contributed by atoms with Crippen molar-refractivity contribution in [3.8, 4) is 0 Å². The predicted molar refractivity (Wildman–Crippen MR) is 81.8 cm³/mol. The summed E-state index contributed by atoms with van der Waals surface area (Å²) in [7, 11) is 0. The highest BCUT2D eigenvalue weighted by molar-refractivity contribution is 6.07. The SMILES string of the molecule is O=C1CC(Nc2ccccc2)C(=O)N1C1CCCCCC1. The molecule has 0 spiro atoms. The van der Waals surface area contributed by atoms with Crippen LogP contribution in [0.3, 0.4) is 0 Å². The van der Waals surface area contributed by atoms with E-state index in [0.717, 1.165) is 31.4 Å². The second-order valence-electron chi connectivity index (χ2n) is 6.01. The van der Waals surface area contributed by atoms with Gasteiger partial charge in [0, 0.05) is 11.7 Å². The third kappa shape index (κ3) is 3.09. The summed E-state index contributed by atoms with van der Waals surface area (Å²) >= 11 is 0. The number of para-hydroxylation sites is 1. The Morgan fingerprint density at radius 1 is 0.952 bits per heavy atom. The highest BCUT2D eigenvalue weighted by Gasteiger charge is 2.42. The van der Waals surface area contributed by atoms with Gasteiger partial charge in [-0.2, -0.15) is 0 Å². The molecule has 1 aliphatic carbocycles. The van der Waals surface area contributed by atoms with Crippen LogP contribution < -0.4 is 5.32 Å². The molecule has 21 heavy (non-hydrogen) atoms. The molecule has 2 aliphatic rings. The molecule has 1 N–H and O–H groups in total. The van der Waals surface area contributed by atoms with Gasteiger partial charge in [0.1, 0.15) is 6.04 Å². The van der Waals surface area contributed by atoms with E-state index in [1.54, 1.807) is 4.90 Å². The monoisotopic (exact) mass is 286 g/mol. The average Bonchev–Trinajstić information content (AvgIpc) is 2.70. The van der Waals surface area contributed by atoms with Crippen LogP contribution in [0.25, 0.3) is 0 Å². The van der Waals surface area contributed by atoms with Crippen LogP contribution in [0.4, 0.5) is 5.69 Å². The molecule has 4 nitrogen and oxygen atoms in total. The van der Waals surface area contributed by atoms with Crippen LogP contribution in [0.5, 0.6) is 0 Å². The van der Waals surface area contributed by atoms with Gasteiger partial charge in [0.2, 0.25) is 5.91 Å². The van der Waals surface area contributed by atoms with Gasteiger partial charge in [-0.05, 0) is 25.0 Å². The number of imide groups is 1. The minimum atomic E-state index is -0.400. The van der Waals surface area contributed by atoms with Gasteiger partial charge in [-0.1, -0.05) is 43.9 Å². The Hall–Kier alpha value is -1.84. The highest BCUT2D eigenvalue weighted by atomic mass is 16.2. The topological polar surface area (TPSA) is 49.4 Å². The van der Waals surface area contributed by atoms with Gasteiger partial charge >= 0.3 is 0 Å². The van der Waals surface area contributed by atoms with Gasteiger partial charge in [-0.3, -0.25) is 14.5 Å². The van der Waals surface area contributed by atoms with Crippen LogP contribution in [-0.2, 0) is 9.59 Å². The number of amides is 2. The third-order valence-electron chi connectivity index (χ3n) is 4.49. The Balaban J connectivity index is 1.69. The van der Waals surface area contributed by atoms with Crippen LogP contribution in [0.15, 0.2) is 30.3 Å². The molecular formula is C17H22N2O2. The molecule has 112 valence electrons. The maximum absolute atomic E-state index is 12.6. The second-order valence-corrected chi connectivity index (χ2v) is 6.01. The second kappa shape index (κ2) is 6.29. The molecule has 1 saturated carbocycles. The van der Waals surface area contributed by atoms with E-state index in [1.807, 2.05) is 30.3 Å². The number of nitrogens with zero attached hydrogens (tertiary/aromatic N) is 1. The molecular weight excluding hydrogens is 264 g/mol. The number of carbonyl (C=O) groups excluding carboxylic acids is 2. The number of anilines is 1. The van der Waals surface area contributed by atoms with Crippen LogP contribution in [-0.4, -0.2) is 28.8 Å². The summed E-state index contributed by atoms with van der Waals surface area (Å²) in [5, 5.41) is 3.19. The zero-order chi connectivity index (χ0) is 14.7. The van der Waals surface area contributed by atoms with Gasteiger partial charge in [0.25, 0.3) is 5.91 Å². The van der Waals surface area contributed by atoms with Crippen molar-refractivity contribution >= 4 is 17.5 Å². The zero-order valence-electron chi connectivity index (χ0n) is 12.3. The smallest absolute Gasteiger partial charge is 0.252 e. The van der Waals surface area contributed by atoms with Crippen molar-refractivity contribution in [1.29, 1.82) is 0 Å². The number of likely N-dealkylation sites (tertiary alicyclic amines) is 1. The molecule has 0 radical (unpaired) electrons. The molecule has 1 aliphatic heterocycles. The fourth-order valence-electron chi connectivity index (χ4n) is 3.40. The van der Waals surface area contributed by atoms with Gasteiger partial charge in [0.15, 0.2) is 0 Å². The van der Waals surface area contributed by atoms with Crippen molar-refractivity contribution < 1.29 is 9.59 Å². The molecule has 1 unspecified atom stereocenters. The van der Waals surface area contributed by atoms with Crippen molar-refractivity contribution in [1.82, 2.24) is 4.90 Å². The summed E-state index contributed by atoms with van der Waals surface area (Å²) in [5.41, 5.74) is 0.895. The van der Waals surface area contributed by atoms with E-state index in [4.69, 9.17) is 0 Å². The van der Waals surface area contributed by atoms with Crippen molar-refractivity contribution in [2.24, 2.45) is 0 Å². The summed E-state index contributed by atoms with van der Waals surface area (Å²) in [5.74, 6) is -0.0592. The van der Waals surface area contributed by atoms with E-state index in [9.17, 15) is 9.59 Å². The summed E-state index contributed by atoms with van der Waals surface area (Å²) in [6, 6.07) is 9.35. The Morgan fingerprint density at radius 3 is 2.29 bits per heavy atom. The molecule has 1 saturated heterocycles. The van der Waals surface area contributed by atoms with E-state index in [0.29, 0.717) is 0 Å². The van der Waals surface area contributed by atoms with Crippen molar-refractivity contribution in [3.05, 3.63) is 30.3 Å². The van der Waals surface area contributed by atoms with Crippen LogP contribution in [0.2, 0.25) is 0 Å². The van der Waals surface area contributed by atoms with Gasteiger partial charge in [-0.25, -0.2) is 0 Å². The fraction of sp³-hybridized carbons (Fsp3) is 0.529. The quantitative estimate of drug-likeness (QED) is 0.686. The first-order valence-electron chi connectivity index (χ1n) is 7.93. The molecule has 0 bridgehead atoms. The van der Waals surface area contributed by atoms with Gasteiger partial charge in [0.05, 0.1) is 6.42 Å². The molecule has 1 aromatic carbocycles. The molecule has 0 aromatic heterocycles. The van der Waals surface area contributed by atoms with Crippen LogP contribution in [0, 0.1) is 0 Å². The van der Waals surface area contributed by atoms with Crippen LogP contribution >= 0.6 is 0 Å². The molecule has 1 aromatic rings. The normalized spacial score (nSPS) is 24.2. The lowest BCUT2D eigenvalue weighted by atomic mass is 10.1. The number of rotatable bonds is 3. The Bertz CT molecular complexity index is 507. The first kappa shape index (κ1) is 14.1. The maximum atomic E-state index is 12.6. The van der Waals surface area contributed by atoms with E-state index in [-0.39, 0.29) is 24.3 Å². The minimum absolute atomic E-state index is 0.0136. The Morgan fingerprint density at radius 2 is 1.62 bits per heavy atom. The summed E-state index contributed by atoms with van der Waals surface area (Å²) in [4.78, 5) is 26.4. The molecule has 4 heteroatoms. The van der Waals surface area contributed by atoms with E-state index in [2.05, 4.69) is 5.32 Å². The van der Waals surface area contributed by atoms with E-state index >= 15 is 0 Å². The lowest BCUT2D eigenvalue weighted by Gasteiger charge is -2.25. The first-order valence-corrected chi connectivity index (χ1v) is 7.93. The number of nitrogens with one attached hydrogen (secondary N) is 1. The number of benzene rings is 1. The minimum Gasteiger partial charge on any atom is -0.373 e. The van der Waals surface area contributed by atoms with E-state index in [1.165, 1.54) is 12.8 Å². The number of carbonyl (C=O) groups is 2. The largest absolute Gasteiger partial charge is 0.373 e. The van der Waals surface area contributed by atoms with Gasteiger partial charge in [-0.15, -0.1) is 0 Å². The standard InChI is InChI=1S/C17H22N2O2/c20-16-12-15(18-13-8-4-3-5-9-13)17(21)19(16)14-10-6-1-2-7-11-14/h3-5,8-9,14-15,18H,1-2,6-7,10-12H2. The molecule has 1 atom stereocenters. The molecule has 2 amide bonds. The third-order valence-corrected chi connectivity index (χ3v) is 4.49. The number of hydrogen-bond acceptors (Lipinski definition) is 3. The molecule has 1 heterocycles. The van der Waals surface area contributed by atoms with Gasteiger partial charge < -0.3 is 5.32 Å².